The van der Waals surface area contributed by atoms with Crippen LogP contribution in [0.15, 0.2) is 72.9 Å². The summed E-state index contributed by atoms with van der Waals surface area (Å²) in [5, 5.41) is 12.6. The number of benzene rings is 2. The van der Waals surface area contributed by atoms with Gasteiger partial charge in [-0.25, -0.2) is 0 Å². The molecule has 1 aromatic heterocycles. The summed E-state index contributed by atoms with van der Waals surface area (Å²) < 4.78 is 0. The molecule has 1 aliphatic carbocycles. The molecular weight excluding hydrogens is 408 g/mol. The number of nitrogens with one attached hydrogen (secondary N) is 1. The van der Waals surface area contributed by atoms with E-state index in [1.54, 1.807) is 12.3 Å². The zero-order valence-electron chi connectivity index (χ0n) is 18.8. The van der Waals surface area contributed by atoms with Crippen molar-refractivity contribution in [1.82, 2.24) is 10.3 Å². The van der Waals surface area contributed by atoms with Gasteiger partial charge in [-0.3, -0.25) is 9.78 Å². The molecule has 1 saturated carbocycles. The van der Waals surface area contributed by atoms with E-state index in [0.717, 1.165) is 48.1 Å². The van der Waals surface area contributed by atoms with Crippen molar-refractivity contribution in [2.75, 3.05) is 6.54 Å². The monoisotopic (exact) mass is 438 g/mol. The molecule has 0 radical (unpaired) electrons. The maximum atomic E-state index is 13.2. The molecular formula is C28H30N4O. The molecule has 1 unspecified atom stereocenters. The molecule has 4 rings (SSSR count). The quantitative estimate of drug-likeness (QED) is 0.555. The van der Waals surface area contributed by atoms with Crippen LogP contribution in [-0.4, -0.2) is 17.4 Å². The van der Waals surface area contributed by atoms with Crippen LogP contribution in [0.1, 0.15) is 48.5 Å². The minimum absolute atomic E-state index is 0.0292. The van der Waals surface area contributed by atoms with Gasteiger partial charge in [-0.1, -0.05) is 42.5 Å². The van der Waals surface area contributed by atoms with Gasteiger partial charge in [-0.05, 0) is 85.5 Å². The third-order valence-corrected chi connectivity index (χ3v) is 6.61. The van der Waals surface area contributed by atoms with E-state index in [0.29, 0.717) is 24.4 Å². The highest BCUT2D eigenvalue weighted by Crippen LogP contribution is 2.30. The van der Waals surface area contributed by atoms with E-state index in [1.807, 2.05) is 48.5 Å². The Morgan fingerprint density at radius 2 is 1.79 bits per heavy atom. The molecule has 1 atom stereocenters. The van der Waals surface area contributed by atoms with Crippen LogP contribution in [0.3, 0.4) is 0 Å². The first kappa shape index (κ1) is 22.7. The molecule has 1 amide bonds. The second-order valence-electron chi connectivity index (χ2n) is 8.87. The molecule has 0 saturated heterocycles. The largest absolute Gasteiger partial charge is 0.347 e. The highest BCUT2D eigenvalue weighted by atomic mass is 16.1. The van der Waals surface area contributed by atoms with Crippen molar-refractivity contribution in [2.24, 2.45) is 17.6 Å². The number of hydrogen-bond donors (Lipinski definition) is 2. The average Bonchev–Trinajstić information content (AvgIpc) is 2.89. The predicted molar refractivity (Wildman–Crippen MR) is 130 cm³/mol. The standard InChI is InChI=1S/C28H30N4O/c29-18-21-9-11-23(12-10-21)28(33)32-27(16-20-5-2-1-3-6-20)26-17-25(13-14-31-26)24-8-4-7-22(15-24)19-30/h1-8,13-15,17,21,23,27H,9-12,16,18,29H2,(H,32,33). The molecule has 0 aliphatic heterocycles. The van der Waals surface area contributed by atoms with Crippen LogP contribution in [-0.2, 0) is 11.2 Å². The summed E-state index contributed by atoms with van der Waals surface area (Å²) in [6.07, 6.45) is 6.25. The lowest BCUT2D eigenvalue weighted by Gasteiger charge is -2.28. The van der Waals surface area contributed by atoms with Crippen LogP contribution in [0.25, 0.3) is 11.1 Å². The van der Waals surface area contributed by atoms with Gasteiger partial charge >= 0.3 is 0 Å². The van der Waals surface area contributed by atoms with Gasteiger partial charge in [0.2, 0.25) is 5.91 Å². The van der Waals surface area contributed by atoms with E-state index in [9.17, 15) is 10.1 Å². The Morgan fingerprint density at radius 3 is 2.52 bits per heavy atom. The minimum Gasteiger partial charge on any atom is -0.347 e. The number of nitrogens with two attached hydrogens (primary N) is 1. The van der Waals surface area contributed by atoms with E-state index >= 15 is 0 Å². The summed E-state index contributed by atoms with van der Waals surface area (Å²) in [6, 6.07) is 23.6. The first-order valence-electron chi connectivity index (χ1n) is 11.7. The minimum atomic E-state index is -0.230. The van der Waals surface area contributed by atoms with Crippen molar-refractivity contribution >= 4 is 5.91 Å². The van der Waals surface area contributed by atoms with Crippen molar-refractivity contribution in [3.63, 3.8) is 0 Å². The summed E-state index contributed by atoms with van der Waals surface area (Å²) in [5.74, 6) is 0.670. The Kier molecular flexibility index (Phi) is 7.49. The molecule has 0 spiro atoms. The Hall–Kier alpha value is -3.49. The molecule has 2 aromatic carbocycles. The number of carbonyl (C=O) groups is 1. The summed E-state index contributed by atoms with van der Waals surface area (Å²) in [5.41, 5.74) is 10.3. The molecule has 33 heavy (non-hydrogen) atoms. The smallest absolute Gasteiger partial charge is 0.223 e. The molecule has 5 nitrogen and oxygen atoms in total. The molecule has 3 N–H and O–H groups in total. The summed E-state index contributed by atoms with van der Waals surface area (Å²) in [6.45, 7) is 0.703. The van der Waals surface area contributed by atoms with Gasteiger partial charge in [0.15, 0.2) is 0 Å². The average molecular weight is 439 g/mol. The van der Waals surface area contributed by atoms with Gasteiger partial charge in [0.1, 0.15) is 0 Å². The number of aromatic nitrogens is 1. The van der Waals surface area contributed by atoms with Crippen molar-refractivity contribution in [2.45, 2.75) is 38.1 Å². The fourth-order valence-corrected chi connectivity index (χ4v) is 4.62. The molecule has 1 fully saturated rings. The molecule has 0 bridgehead atoms. The van der Waals surface area contributed by atoms with Crippen molar-refractivity contribution in [3.05, 3.63) is 89.7 Å². The van der Waals surface area contributed by atoms with Crippen LogP contribution in [0.2, 0.25) is 0 Å². The predicted octanol–water partition coefficient (Wildman–Crippen LogP) is 4.79. The summed E-state index contributed by atoms with van der Waals surface area (Å²) >= 11 is 0. The number of nitrogens with zero attached hydrogens (tertiary/aromatic N) is 2. The van der Waals surface area contributed by atoms with Gasteiger partial charge in [0.05, 0.1) is 23.4 Å². The van der Waals surface area contributed by atoms with Crippen LogP contribution in [0, 0.1) is 23.2 Å². The van der Waals surface area contributed by atoms with Gasteiger partial charge in [0.25, 0.3) is 0 Å². The first-order chi connectivity index (χ1) is 16.2. The Labute approximate surface area is 195 Å². The third-order valence-electron chi connectivity index (χ3n) is 6.61. The lowest BCUT2D eigenvalue weighted by molar-refractivity contribution is -0.127. The second kappa shape index (κ2) is 10.9. The zero-order valence-corrected chi connectivity index (χ0v) is 18.8. The fraction of sp³-hybridized carbons (Fsp3) is 0.321. The maximum Gasteiger partial charge on any atom is 0.223 e. The maximum absolute atomic E-state index is 13.2. The van der Waals surface area contributed by atoms with Crippen LogP contribution < -0.4 is 11.1 Å². The van der Waals surface area contributed by atoms with Gasteiger partial charge in [-0.15, -0.1) is 0 Å². The lowest BCUT2D eigenvalue weighted by atomic mass is 9.81. The van der Waals surface area contributed by atoms with Gasteiger partial charge < -0.3 is 11.1 Å². The number of pyridine rings is 1. The highest BCUT2D eigenvalue weighted by Gasteiger charge is 2.28. The molecule has 1 heterocycles. The molecule has 1 aliphatic rings. The number of carbonyl (C=O) groups excluding carboxylic acids is 1. The second-order valence-corrected chi connectivity index (χ2v) is 8.87. The number of rotatable bonds is 7. The first-order valence-corrected chi connectivity index (χ1v) is 11.7. The fourth-order valence-electron chi connectivity index (χ4n) is 4.62. The van der Waals surface area contributed by atoms with Crippen LogP contribution in [0.4, 0.5) is 0 Å². The van der Waals surface area contributed by atoms with E-state index < -0.39 is 0 Å². The Morgan fingerprint density at radius 1 is 1.03 bits per heavy atom. The molecule has 3 aromatic rings. The van der Waals surface area contributed by atoms with Crippen LogP contribution in [0.5, 0.6) is 0 Å². The van der Waals surface area contributed by atoms with Crippen molar-refractivity contribution in [3.8, 4) is 17.2 Å². The lowest BCUT2D eigenvalue weighted by Crippen LogP contribution is -2.37. The Bertz CT molecular complexity index is 1110. The SMILES string of the molecule is N#Cc1cccc(-c2ccnc(C(Cc3ccccc3)NC(=O)C3CCC(CN)CC3)c2)c1. The zero-order chi connectivity index (χ0) is 23.0. The highest BCUT2D eigenvalue weighted by molar-refractivity contribution is 5.79. The normalized spacial score (nSPS) is 18.8. The van der Waals surface area contributed by atoms with Gasteiger partial charge in [0, 0.05) is 12.1 Å². The molecule has 5 heteroatoms. The third kappa shape index (κ3) is 5.85. The van der Waals surface area contributed by atoms with Crippen molar-refractivity contribution < 1.29 is 4.79 Å². The molecule has 168 valence electrons. The summed E-state index contributed by atoms with van der Waals surface area (Å²) in [7, 11) is 0. The summed E-state index contributed by atoms with van der Waals surface area (Å²) in [4.78, 5) is 17.8. The Balaban J connectivity index is 1.58. The van der Waals surface area contributed by atoms with E-state index in [1.165, 1.54) is 0 Å². The number of nitriles is 1. The van der Waals surface area contributed by atoms with E-state index in [4.69, 9.17) is 5.73 Å². The van der Waals surface area contributed by atoms with E-state index in [2.05, 4.69) is 28.5 Å². The van der Waals surface area contributed by atoms with Crippen LogP contribution >= 0.6 is 0 Å². The van der Waals surface area contributed by atoms with Gasteiger partial charge in [-0.2, -0.15) is 5.26 Å². The topological polar surface area (TPSA) is 91.8 Å². The van der Waals surface area contributed by atoms with E-state index in [-0.39, 0.29) is 17.9 Å². The number of hydrogen-bond acceptors (Lipinski definition) is 4. The number of amides is 1. The van der Waals surface area contributed by atoms with Crippen molar-refractivity contribution in [1.29, 1.82) is 5.26 Å².